The van der Waals surface area contributed by atoms with Gasteiger partial charge in [0.2, 0.25) is 0 Å². The molecule has 0 aliphatic rings. The van der Waals surface area contributed by atoms with Crippen molar-refractivity contribution in [2.45, 2.75) is 32.2 Å². The maximum absolute atomic E-state index is 10.1. The Morgan fingerprint density at radius 3 is 2.89 bits per heavy atom. The van der Waals surface area contributed by atoms with Gasteiger partial charge in [-0.25, -0.2) is 0 Å². The highest BCUT2D eigenvalue weighted by Crippen LogP contribution is 2.12. The van der Waals surface area contributed by atoms with E-state index in [1.54, 1.807) is 0 Å². The van der Waals surface area contributed by atoms with Crippen molar-refractivity contribution >= 4 is 0 Å². The first kappa shape index (κ1) is 5.02. The summed E-state index contributed by atoms with van der Waals surface area (Å²) in [5, 5.41) is 12.2. The van der Waals surface area contributed by atoms with Crippen LogP contribution in [0.5, 0.6) is 5.75 Å². The van der Waals surface area contributed by atoms with Crippen molar-refractivity contribution in [3.63, 3.8) is 0 Å². The van der Waals surface area contributed by atoms with Gasteiger partial charge >= 0.3 is 0 Å². The molecule has 0 aliphatic carbocycles. The van der Waals surface area contributed by atoms with Gasteiger partial charge < -0.3 is 19.9 Å². The van der Waals surface area contributed by atoms with Gasteiger partial charge in [0.15, 0.2) is 0 Å². The lowest BCUT2D eigenvalue weighted by molar-refractivity contribution is 0.104. The van der Waals surface area contributed by atoms with Crippen LogP contribution in [0.1, 0.15) is 38.5 Å². The normalized spacial score (nSPS) is 28.7. The van der Waals surface area contributed by atoms with E-state index in [0.29, 0.717) is 0 Å². The second kappa shape index (κ2) is 8.91. The van der Waals surface area contributed by atoms with Crippen LogP contribution >= 0.6 is 0 Å². The molecule has 0 saturated carbocycles. The van der Waals surface area contributed by atoms with Crippen LogP contribution < -0.4 is 10.1 Å². The van der Waals surface area contributed by atoms with Crippen LogP contribution in [0.4, 0.5) is 0 Å². The number of ether oxygens (including phenoxy) is 2. The van der Waals surface area contributed by atoms with Crippen LogP contribution in [-0.2, 0) is 11.1 Å². The van der Waals surface area contributed by atoms with Crippen molar-refractivity contribution in [3.05, 3.63) is 29.8 Å². The van der Waals surface area contributed by atoms with Gasteiger partial charge in [0.1, 0.15) is 18.4 Å². The average molecular weight is 281 g/mol. The first-order valence-electron chi connectivity index (χ1n) is 12.4. The van der Waals surface area contributed by atoms with Gasteiger partial charge in [0.05, 0.1) is 14.8 Å². The molecule has 19 heavy (non-hydrogen) atoms. The second-order valence-electron chi connectivity index (χ2n) is 3.52. The topological polar surface area (TPSA) is 50.7 Å². The van der Waals surface area contributed by atoms with E-state index in [4.69, 9.17) is 23.9 Å². The minimum absolute atomic E-state index is 0.0146. The zero-order chi connectivity index (χ0) is 26.1. The van der Waals surface area contributed by atoms with Crippen molar-refractivity contribution < 1.29 is 33.8 Å². The van der Waals surface area contributed by atoms with E-state index in [0.717, 1.165) is 12.1 Å². The molecule has 0 aromatic heterocycles. The molecule has 0 bridgehead atoms. The molecule has 0 radical (unpaired) electrons. The summed E-state index contributed by atoms with van der Waals surface area (Å²) in [7, 11) is -3.18. The van der Waals surface area contributed by atoms with Crippen LogP contribution in [0.2, 0.25) is 0 Å². The van der Waals surface area contributed by atoms with Gasteiger partial charge in [-0.15, -0.1) is 0 Å². The average Bonchev–Trinajstić information content (AvgIpc) is 2.55. The first-order chi connectivity index (χ1) is 14.5. The Balaban J connectivity index is 2.83. The number of nitrogens with one attached hydrogen (secondary N) is 1. The lowest BCUT2D eigenvalue weighted by Gasteiger charge is -2.15. The van der Waals surface area contributed by atoms with Gasteiger partial charge in [-0.1, -0.05) is 25.8 Å². The number of hydrogen-bond donors (Lipinski definition) is 2. The molecule has 0 aliphatic heterocycles. The van der Waals surface area contributed by atoms with E-state index in [-0.39, 0.29) is 11.3 Å². The number of aryl methyl sites for hydroxylation is 1. The predicted octanol–water partition coefficient (Wildman–Crippen LogP) is 1.61. The molecular formula is C15H25NO3. The number of aliphatic hydroxyl groups is 1. The SMILES string of the molecule is [2H]C(O)(CNC(C([2H])([2H])[2H])C([2H])([2H])[2H])COc1ccc(C([2H])([2H])C([2H])([2H])OC([2H])([2H])[2H])cc1. The minimum atomic E-state index is -3.20. The quantitative estimate of drug-likeness (QED) is 0.722. The van der Waals surface area contributed by atoms with Crippen molar-refractivity contribution in [2.24, 2.45) is 0 Å². The number of benzene rings is 1. The minimum Gasteiger partial charge on any atom is -0.491 e. The summed E-state index contributed by atoms with van der Waals surface area (Å²) < 4.78 is 113. The fraction of sp³-hybridized carbons (Fsp3) is 0.600. The maximum atomic E-state index is 10.1. The van der Waals surface area contributed by atoms with Crippen LogP contribution in [0, 0.1) is 0 Å². The molecule has 0 fully saturated rings. The Kier molecular flexibility index (Phi) is 2.36. The summed E-state index contributed by atoms with van der Waals surface area (Å²) in [5.41, 5.74) is -0.273. The highest BCUT2D eigenvalue weighted by atomic mass is 16.5. The van der Waals surface area contributed by atoms with Gasteiger partial charge in [0, 0.05) is 30.6 Å². The molecular weight excluding hydrogens is 242 g/mol. The Morgan fingerprint density at radius 1 is 1.42 bits per heavy atom. The maximum Gasteiger partial charge on any atom is 0.119 e. The lowest BCUT2D eigenvalue weighted by atomic mass is 10.1. The van der Waals surface area contributed by atoms with Gasteiger partial charge in [-0.2, -0.15) is 0 Å². The first-order valence-corrected chi connectivity index (χ1v) is 5.37. The molecule has 0 spiro atoms. The zero-order valence-corrected chi connectivity index (χ0v) is 10.1. The summed E-state index contributed by atoms with van der Waals surface area (Å²) >= 11 is 0. The van der Waals surface area contributed by atoms with Crippen molar-refractivity contribution in [1.82, 2.24) is 5.32 Å². The van der Waals surface area contributed by atoms with E-state index in [9.17, 15) is 5.11 Å². The Labute approximate surface area is 135 Å². The summed E-state index contributed by atoms with van der Waals surface area (Å²) in [4.78, 5) is 0. The molecule has 4 heteroatoms. The molecule has 1 atom stereocenters. The second-order valence-corrected chi connectivity index (χ2v) is 3.52. The van der Waals surface area contributed by atoms with E-state index in [2.05, 4.69) is 10.1 Å². The highest BCUT2D eigenvalue weighted by molar-refractivity contribution is 5.27. The van der Waals surface area contributed by atoms with Gasteiger partial charge in [-0.05, 0) is 24.1 Å². The van der Waals surface area contributed by atoms with Crippen LogP contribution in [-0.4, -0.2) is 44.0 Å². The van der Waals surface area contributed by atoms with Crippen LogP contribution in [0.15, 0.2) is 24.3 Å². The number of rotatable bonds is 9. The van der Waals surface area contributed by atoms with Gasteiger partial charge in [-0.3, -0.25) is 0 Å². The molecule has 0 saturated heterocycles. The van der Waals surface area contributed by atoms with E-state index in [1.807, 2.05) is 0 Å². The molecule has 1 rings (SSSR count). The Morgan fingerprint density at radius 2 is 2.21 bits per heavy atom. The monoisotopic (exact) mass is 281 g/mol. The Bertz CT molecular complexity index is 756. The van der Waals surface area contributed by atoms with E-state index < -0.39 is 58.9 Å². The smallest absolute Gasteiger partial charge is 0.119 e. The molecule has 1 aromatic carbocycles. The van der Waals surface area contributed by atoms with E-state index in [1.165, 1.54) is 12.1 Å². The summed E-state index contributed by atoms with van der Waals surface area (Å²) in [5.74, 6) is 0.0146. The molecule has 108 valence electrons. The molecule has 1 unspecified atom stereocenters. The van der Waals surface area contributed by atoms with E-state index >= 15 is 0 Å². The molecule has 0 amide bonds. The molecule has 2 N–H and O–H groups in total. The van der Waals surface area contributed by atoms with Crippen molar-refractivity contribution in [2.75, 3.05) is 26.7 Å². The standard InChI is InChI=1S/C15H25NO3/c1-12(2)16-10-14(17)11-19-15-6-4-13(5-7-15)8-9-18-3/h4-7,12,14,16-17H,8-11H2,1-3H3/i1D3,2D3,3D3,8D2,9D2,14D. The predicted molar refractivity (Wildman–Crippen MR) is 76.7 cm³/mol. The number of hydrogen-bond acceptors (Lipinski definition) is 4. The van der Waals surface area contributed by atoms with Crippen LogP contribution in [0.25, 0.3) is 0 Å². The molecule has 1 aromatic rings. The lowest BCUT2D eigenvalue weighted by Crippen LogP contribution is -2.35. The van der Waals surface area contributed by atoms with Crippen LogP contribution in [0.3, 0.4) is 0 Å². The summed E-state index contributed by atoms with van der Waals surface area (Å²) in [6.07, 6.45) is -5.29. The van der Waals surface area contributed by atoms with Crippen molar-refractivity contribution in [1.29, 1.82) is 0 Å². The summed E-state index contributed by atoms with van der Waals surface area (Å²) in [6.45, 7) is -10.5. The number of methoxy groups -OCH3 is 1. The molecule has 0 heterocycles. The largest absolute Gasteiger partial charge is 0.491 e. The highest BCUT2D eigenvalue weighted by Gasteiger charge is 2.05. The third-order valence-electron chi connectivity index (χ3n) is 2.02. The Hall–Kier alpha value is -1.10. The third kappa shape index (κ3) is 7.15. The summed E-state index contributed by atoms with van der Waals surface area (Å²) in [6, 6.07) is 2.56. The third-order valence-corrected chi connectivity index (χ3v) is 2.02. The van der Waals surface area contributed by atoms with Gasteiger partial charge in [0.25, 0.3) is 0 Å². The fourth-order valence-electron chi connectivity index (χ4n) is 1.16. The fourth-order valence-corrected chi connectivity index (χ4v) is 1.16. The zero-order valence-electron chi connectivity index (χ0n) is 24.1. The van der Waals surface area contributed by atoms with Crippen molar-refractivity contribution in [3.8, 4) is 5.75 Å². The molecule has 4 nitrogen and oxygen atoms in total.